The summed E-state index contributed by atoms with van der Waals surface area (Å²) in [6.07, 6.45) is -0.926. The minimum atomic E-state index is -1.19. The number of benzene rings is 2. The fraction of sp³-hybridized carbons (Fsp3) is 0.250. The van der Waals surface area contributed by atoms with Crippen LogP contribution in [-0.2, 0) is 14.3 Å². The zero-order valence-electron chi connectivity index (χ0n) is 13.9. The number of ether oxygens (including phenoxy) is 1. The van der Waals surface area contributed by atoms with E-state index in [1.165, 1.54) is 0 Å². The zero-order chi connectivity index (χ0) is 18.3. The van der Waals surface area contributed by atoms with E-state index in [2.05, 4.69) is 0 Å². The number of carbonyl (C=O) groups excluding carboxylic acids is 2. The summed E-state index contributed by atoms with van der Waals surface area (Å²) < 4.78 is 5.42. The lowest BCUT2D eigenvalue weighted by Gasteiger charge is -2.21. The summed E-state index contributed by atoms with van der Waals surface area (Å²) in [5.41, 5.74) is 4.38. The van der Waals surface area contributed by atoms with Gasteiger partial charge in [-0.1, -0.05) is 48.5 Å². The first kappa shape index (κ1) is 16.3. The van der Waals surface area contributed by atoms with Gasteiger partial charge in [-0.05, 0) is 22.3 Å². The highest BCUT2D eigenvalue weighted by Crippen LogP contribution is 2.44. The Labute approximate surface area is 150 Å². The van der Waals surface area contributed by atoms with Crippen molar-refractivity contribution >= 4 is 17.8 Å². The quantitative estimate of drug-likeness (QED) is 0.919. The molecule has 4 rings (SSSR count). The maximum Gasteiger partial charge on any atom is 0.410 e. The van der Waals surface area contributed by atoms with Crippen LogP contribution < -0.4 is 0 Å². The van der Waals surface area contributed by atoms with Crippen molar-refractivity contribution in [2.24, 2.45) is 0 Å². The van der Waals surface area contributed by atoms with Crippen LogP contribution in [0.3, 0.4) is 0 Å². The topological polar surface area (TPSA) is 83.9 Å². The van der Waals surface area contributed by atoms with Gasteiger partial charge in [0.05, 0.1) is 6.54 Å². The summed E-state index contributed by atoms with van der Waals surface area (Å²) in [5.74, 6) is -1.57. The Hall–Kier alpha value is -3.15. The first-order valence-corrected chi connectivity index (χ1v) is 8.42. The van der Waals surface area contributed by atoms with Crippen molar-refractivity contribution in [3.63, 3.8) is 0 Å². The van der Waals surface area contributed by atoms with Gasteiger partial charge in [0.1, 0.15) is 12.6 Å². The molecule has 0 unspecified atom stereocenters. The van der Waals surface area contributed by atoms with E-state index in [1.807, 2.05) is 48.5 Å². The normalized spacial score (nSPS) is 18.5. The number of amides is 1. The Morgan fingerprint density at radius 2 is 1.62 bits per heavy atom. The van der Waals surface area contributed by atoms with Crippen molar-refractivity contribution in [2.75, 3.05) is 13.2 Å². The maximum absolute atomic E-state index is 12.4. The molecule has 1 fully saturated rings. The first-order chi connectivity index (χ1) is 12.6. The number of hydrogen-bond acceptors (Lipinski definition) is 4. The van der Waals surface area contributed by atoms with Gasteiger partial charge >= 0.3 is 12.1 Å². The molecule has 0 spiro atoms. The molecule has 0 aromatic heterocycles. The highest BCUT2D eigenvalue weighted by atomic mass is 16.6. The van der Waals surface area contributed by atoms with Gasteiger partial charge in [-0.15, -0.1) is 0 Å². The zero-order valence-corrected chi connectivity index (χ0v) is 13.9. The second-order valence-electron chi connectivity index (χ2n) is 6.53. The Bertz CT molecular complexity index is 861. The Morgan fingerprint density at radius 1 is 1.04 bits per heavy atom. The largest absolute Gasteiger partial charge is 0.480 e. The van der Waals surface area contributed by atoms with E-state index >= 15 is 0 Å². The minimum absolute atomic E-state index is 0.101. The number of carboxylic acids is 1. The molecule has 1 heterocycles. The molecule has 1 aliphatic carbocycles. The minimum Gasteiger partial charge on any atom is -0.480 e. The van der Waals surface area contributed by atoms with Crippen molar-refractivity contribution in [1.82, 2.24) is 4.90 Å². The van der Waals surface area contributed by atoms with Crippen LogP contribution in [0, 0.1) is 0 Å². The van der Waals surface area contributed by atoms with Crippen LogP contribution in [0.1, 0.15) is 23.5 Å². The number of nitrogens with zero attached hydrogens (tertiary/aromatic N) is 1. The fourth-order valence-electron chi connectivity index (χ4n) is 3.78. The van der Waals surface area contributed by atoms with Gasteiger partial charge in [0.25, 0.3) is 0 Å². The predicted molar refractivity (Wildman–Crippen MR) is 92.8 cm³/mol. The number of aliphatic carboxylic acids is 1. The van der Waals surface area contributed by atoms with Gasteiger partial charge in [-0.3, -0.25) is 9.69 Å². The lowest BCUT2D eigenvalue weighted by atomic mass is 9.98. The number of ketones is 1. The van der Waals surface area contributed by atoms with Crippen LogP contribution in [0.15, 0.2) is 48.5 Å². The molecule has 1 amide bonds. The van der Waals surface area contributed by atoms with Gasteiger partial charge in [-0.25, -0.2) is 9.59 Å². The van der Waals surface area contributed by atoms with Crippen LogP contribution in [-0.4, -0.2) is 47.0 Å². The number of Topliss-reactive ketones (excluding diaryl/α,β-unsaturated/α-hetero) is 1. The number of fused-ring (bicyclic) bond motifs is 3. The highest BCUT2D eigenvalue weighted by molar-refractivity contribution is 5.95. The molecule has 6 nitrogen and oxygen atoms in total. The first-order valence-electron chi connectivity index (χ1n) is 8.42. The molecule has 0 radical (unpaired) electrons. The molecule has 1 saturated heterocycles. The van der Waals surface area contributed by atoms with E-state index in [1.54, 1.807) is 0 Å². The second-order valence-corrected chi connectivity index (χ2v) is 6.53. The summed E-state index contributed by atoms with van der Waals surface area (Å²) in [7, 11) is 0. The lowest BCUT2D eigenvalue weighted by molar-refractivity contribution is -0.141. The predicted octanol–water partition coefficient (Wildman–Crippen LogP) is 2.66. The van der Waals surface area contributed by atoms with Crippen molar-refractivity contribution < 1.29 is 24.2 Å². The van der Waals surface area contributed by atoms with Crippen molar-refractivity contribution in [3.05, 3.63) is 59.7 Å². The van der Waals surface area contributed by atoms with Crippen LogP contribution in [0.5, 0.6) is 0 Å². The van der Waals surface area contributed by atoms with E-state index in [0.29, 0.717) is 0 Å². The molecule has 1 aliphatic heterocycles. The molecule has 2 aliphatic rings. The molecular formula is C20H17NO5. The van der Waals surface area contributed by atoms with Crippen molar-refractivity contribution in [2.45, 2.75) is 18.4 Å². The smallest absolute Gasteiger partial charge is 0.410 e. The summed E-state index contributed by atoms with van der Waals surface area (Å²) in [5, 5.41) is 9.19. The number of rotatable bonds is 3. The van der Waals surface area contributed by atoms with E-state index < -0.39 is 18.1 Å². The third-order valence-electron chi connectivity index (χ3n) is 5.00. The third kappa shape index (κ3) is 2.63. The number of carbonyl (C=O) groups is 3. The van der Waals surface area contributed by atoms with E-state index in [-0.39, 0.29) is 31.3 Å². The van der Waals surface area contributed by atoms with E-state index in [9.17, 15) is 19.5 Å². The molecule has 2 aromatic rings. The SMILES string of the molecule is O=C1C[C@H](C(=O)O)N(C(=O)OCC2c3ccccc3-c3ccccc32)C1. The molecule has 132 valence electrons. The van der Waals surface area contributed by atoms with Crippen LogP contribution in [0.2, 0.25) is 0 Å². The van der Waals surface area contributed by atoms with Crippen molar-refractivity contribution in [3.8, 4) is 11.1 Å². The van der Waals surface area contributed by atoms with Crippen LogP contribution >= 0.6 is 0 Å². The van der Waals surface area contributed by atoms with E-state index in [0.717, 1.165) is 27.2 Å². The molecule has 26 heavy (non-hydrogen) atoms. The molecule has 1 N–H and O–H groups in total. The molecule has 6 heteroatoms. The molecule has 1 atom stereocenters. The molecular weight excluding hydrogens is 334 g/mol. The van der Waals surface area contributed by atoms with Crippen LogP contribution in [0.4, 0.5) is 4.79 Å². The van der Waals surface area contributed by atoms with Gasteiger partial charge in [0.15, 0.2) is 5.78 Å². The standard InChI is InChI=1S/C20H17NO5/c22-12-9-18(19(23)24)21(10-12)20(25)26-11-17-15-7-3-1-5-13(15)14-6-2-4-8-16(14)17/h1-8,17-18H,9-11H2,(H,23,24)/t18-/m1/s1. The third-order valence-corrected chi connectivity index (χ3v) is 5.00. The highest BCUT2D eigenvalue weighted by Gasteiger charge is 2.40. The number of hydrogen-bond donors (Lipinski definition) is 1. The summed E-state index contributed by atoms with van der Waals surface area (Å²) >= 11 is 0. The average Bonchev–Trinajstić information content (AvgIpc) is 3.18. The van der Waals surface area contributed by atoms with Gasteiger partial charge in [-0.2, -0.15) is 0 Å². The summed E-state index contributed by atoms with van der Waals surface area (Å²) in [6, 6.07) is 14.8. The van der Waals surface area contributed by atoms with Crippen molar-refractivity contribution in [1.29, 1.82) is 0 Å². The monoisotopic (exact) mass is 351 g/mol. The van der Waals surface area contributed by atoms with Gasteiger partial charge in [0, 0.05) is 12.3 Å². The molecule has 0 saturated carbocycles. The summed E-state index contributed by atoms with van der Waals surface area (Å²) in [4.78, 5) is 36.2. The molecule has 2 aromatic carbocycles. The number of likely N-dealkylation sites (tertiary alicyclic amines) is 1. The maximum atomic E-state index is 12.4. The average molecular weight is 351 g/mol. The van der Waals surface area contributed by atoms with E-state index in [4.69, 9.17) is 4.74 Å². The Balaban J connectivity index is 1.54. The summed E-state index contributed by atoms with van der Waals surface area (Å²) in [6.45, 7) is -0.114. The lowest BCUT2D eigenvalue weighted by Crippen LogP contribution is -2.41. The Kier molecular flexibility index (Phi) is 3.95. The fourth-order valence-corrected chi connectivity index (χ4v) is 3.78. The van der Waals surface area contributed by atoms with Crippen LogP contribution in [0.25, 0.3) is 11.1 Å². The van der Waals surface area contributed by atoms with Gasteiger partial charge < -0.3 is 9.84 Å². The Morgan fingerprint density at radius 3 is 2.19 bits per heavy atom. The van der Waals surface area contributed by atoms with Gasteiger partial charge in [0.2, 0.25) is 0 Å². The second kappa shape index (κ2) is 6.29. The number of carboxylic acid groups (broad SMARTS) is 1. The molecule has 0 bridgehead atoms.